The van der Waals surface area contributed by atoms with Gasteiger partial charge in [-0.1, -0.05) is 30.3 Å². The molecular formula is C23H25FN2O3S. The summed E-state index contributed by atoms with van der Waals surface area (Å²) in [5, 5.41) is 0. The van der Waals surface area contributed by atoms with Crippen molar-refractivity contribution < 1.29 is 18.7 Å². The molecule has 2 atom stereocenters. The molecule has 4 rings (SSSR count). The molecule has 0 N–H and O–H groups in total. The van der Waals surface area contributed by atoms with Gasteiger partial charge in [-0.05, 0) is 49.6 Å². The standard InChI is InChI=1S/C23H25FN2O3S/c1-16-22(17-5-3-2-4-6-17)29-23(28)26(16)19-11-13-25(14-12-19)21(27)15-30-20-9-7-18(24)8-10-20/h2-10,16,19,22H,11-15H2,1H3. The van der Waals surface area contributed by atoms with Crippen molar-refractivity contribution >= 4 is 23.8 Å². The second kappa shape index (κ2) is 9.08. The van der Waals surface area contributed by atoms with Crippen LogP contribution in [0.5, 0.6) is 0 Å². The number of carbonyl (C=O) groups excluding carboxylic acids is 2. The quantitative estimate of drug-likeness (QED) is 0.659. The monoisotopic (exact) mass is 428 g/mol. The van der Waals surface area contributed by atoms with Gasteiger partial charge in [0.2, 0.25) is 5.91 Å². The van der Waals surface area contributed by atoms with E-state index in [0.29, 0.717) is 18.8 Å². The number of nitrogens with zero attached hydrogens (tertiary/aromatic N) is 2. The average Bonchev–Trinajstić information content (AvgIpc) is 3.08. The van der Waals surface area contributed by atoms with E-state index >= 15 is 0 Å². The summed E-state index contributed by atoms with van der Waals surface area (Å²) >= 11 is 1.41. The highest BCUT2D eigenvalue weighted by atomic mass is 32.2. The van der Waals surface area contributed by atoms with Crippen LogP contribution in [-0.4, -0.2) is 52.7 Å². The van der Waals surface area contributed by atoms with E-state index in [-0.39, 0.29) is 36.0 Å². The number of carbonyl (C=O) groups is 2. The van der Waals surface area contributed by atoms with E-state index in [0.717, 1.165) is 23.3 Å². The van der Waals surface area contributed by atoms with E-state index in [1.807, 2.05) is 47.1 Å². The Morgan fingerprint density at radius 1 is 1.10 bits per heavy atom. The topological polar surface area (TPSA) is 49.9 Å². The van der Waals surface area contributed by atoms with Gasteiger partial charge >= 0.3 is 6.09 Å². The van der Waals surface area contributed by atoms with E-state index in [4.69, 9.17) is 4.74 Å². The van der Waals surface area contributed by atoms with Gasteiger partial charge < -0.3 is 9.64 Å². The van der Waals surface area contributed by atoms with Gasteiger partial charge in [-0.15, -0.1) is 11.8 Å². The lowest BCUT2D eigenvalue weighted by atomic mass is 9.98. The van der Waals surface area contributed by atoms with E-state index in [2.05, 4.69) is 0 Å². The van der Waals surface area contributed by atoms with Crippen molar-refractivity contribution in [3.05, 3.63) is 66.0 Å². The van der Waals surface area contributed by atoms with Crippen molar-refractivity contribution in [2.24, 2.45) is 0 Å². The lowest BCUT2D eigenvalue weighted by Crippen LogP contribution is -2.49. The maximum atomic E-state index is 13.0. The predicted molar refractivity (Wildman–Crippen MR) is 114 cm³/mol. The van der Waals surface area contributed by atoms with Crippen LogP contribution in [0.1, 0.15) is 31.4 Å². The number of thioether (sulfide) groups is 1. The SMILES string of the molecule is CC1C(c2ccccc2)OC(=O)N1C1CCN(C(=O)CSc2ccc(F)cc2)CC1. The maximum absolute atomic E-state index is 13.0. The highest BCUT2D eigenvalue weighted by Gasteiger charge is 2.44. The predicted octanol–water partition coefficient (Wildman–Crippen LogP) is 4.49. The lowest BCUT2D eigenvalue weighted by molar-refractivity contribution is -0.129. The van der Waals surface area contributed by atoms with E-state index in [9.17, 15) is 14.0 Å². The average molecular weight is 429 g/mol. The van der Waals surface area contributed by atoms with Crippen molar-refractivity contribution in [1.82, 2.24) is 9.80 Å². The summed E-state index contributed by atoms with van der Waals surface area (Å²) in [6.07, 6.45) is 0.959. The molecule has 0 saturated carbocycles. The second-order valence-electron chi connectivity index (χ2n) is 7.72. The molecule has 0 aromatic heterocycles. The van der Waals surface area contributed by atoms with E-state index in [1.165, 1.54) is 23.9 Å². The van der Waals surface area contributed by atoms with E-state index in [1.54, 1.807) is 12.1 Å². The van der Waals surface area contributed by atoms with Crippen LogP contribution in [0.25, 0.3) is 0 Å². The fourth-order valence-electron chi connectivity index (χ4n) is 4.21. The number of piperidine rings is 1. The van der Waals surface area contributed by atoms with Crippen LogP contribution in [0.3, 0.4) is 0 Å². The summed E-state index contributed by atoms with van der Waals surface area (Å²) < 4.78 is 18.7. The number of ether oxygens (including phenoxy) is 1. The number of cyclic esters (lactones) is 1. The molecule has 2 aliphatic rings. The van der Waals surface area contributed by atoms with Crippen molar-refractivity contribution in [3.63, 3.8) is 0 Å². The molecule has 2 aromatic rings. The Bertz CT molecular complexity index is 885. The lowest BCUT2D eigenvalue weighted by Gasteiger charge is -2.37. The molecule has 2 aromatic carbocycles. The molecule has 5 nitrogen and oxygen atoms in total. The maximum Gasteiger partial charge on any atom is 0.411 e. The minimum Gasteiger partial charge on any atom is -0.439 e. The van der Waals surface area contributed by atoms with Gasteiger partial charge in [-0.3, -0.25) is 9.69 Å². The van der Waals surface area contributed by atoms with Crippen molar-refractivity contribution in [2.75, 3.05) is 18.8 Å². The number of likely N-dealkylation sites (tertiary alicyclic amines) is 1. The summed E-state index contributed by atoms with van der Waals surface area (Å²) in [7, 11) is 0. The number of benzene rings is 2. The first-order valence-electron chi connectivity index (χ1n) is 10.2. The third-order valence-electron chi connectivity index (χ3n) is 5.83. The molecule has 30 heavy (non-hydrogen) atoms. The molecule has 0 spiro atoms. The number of hydrogen-bond donors (Lipinski definition) is 0. The third kappa shape index (κ3) is 4.46. The molecule has 158 valence electrons. The van der Waals surface area contributed by atoms with Crippen LogP contribution < -0.4 is 0 Å². The summed E-state index contributed by atoms with van der Waals surface area (Å²) in [6.45, 7) is 3.28. The Morgan fingerprint density at radius 2 is 1.77 bits per heavy atom. The van der Waals surface area contributed by atoms with Gasteiger partial charge in [-0.25, -0.2) is 9.18 Å². The van der Waals surface area contributed by atoms with Crippen LogP contribution in [-0.2, 0) is 9.53 Å². The van der Waals surface area contributed by atoms with E-state index < -0.39 is 0 Å². The van der Waals surface area contributed by atoms with Gasteiger partial charge in [0.25, 0.3) is 0 Å². The molecule has 7 heteroatoms. The normalized spacial score (nSPS) is 22.3. The van der Waals surface area contributed by atoms with Crippen molar-refractivity contribution in [2.45, 2.75) is 42.8 Å². The number of amides is 2. The van der Waals surface area contributed by atoms with Crippen LogP contribution >= 0.6 is 11.8 Å². The Morgan fingerprint density at radius 3 is 2.43 bits per heavy atom. The van der Waals surface area contributed by atoms with Gasteiger partial charge in [0, 0.05) is 24.0 Å². The Kier molecular flexibility index (Phi) is 6.27. The minimum atomic E-state index is -0.281. The first-order valence-corrected chi connectivity index (χ1v) is 11.2. The Hall–Kier alpha value is -2.54. The highest BCUT2D eigenvalue weighted by molar-refractivity contribution is 8.00. The highest BCUT2D eigenvalue weighted by Crippen LogP contribution is 2.35. The zero-order valence-electron chi connectivity index (χ0n) is 16.9. The van der Waals surface area contributed by atoms with Gasteiger partial charge in [0.15, 0.2) is 0 Å². The molecule has 2 amide bonds. The summed E-state index contributed by atoms with van der Waals surface area (Å²) in [4.78, 5) is 29.7. The largest absolute Gasteiger partial charge is 0.439 e. The molecule has 2 fully saturated rings. The molecule has 0 radical (unpaired) electrons. The number of hydrogen-bond acceptors (Lipinski definition) is 4. The smallest absolute Gasteiger partial charge is 0.411 e. The third-order valence-corrected chi connectivity index (χ3v) is 6.83. The van der Waals surface area contributed by atoms with Crippen molar-refractivity contribution in [1.29, 1.82) is 0 Å². The fourth-order valence-corrected chi connectivity index (χ4v) is 5.01. The zero-order valence-corrected chi connectivity index (χ0v) is 17.7. The molecule has 2 unspecified atom stereocenters. The van der Waals surface area contributed by atoms with Crippen LogP contribution in [0, 0.1) is 5.82 Å². The number of rotatable bonds is 5. The molecule has 2 saturated heterocycles. The molecule has 2 aliphatic heterocycles. The molecular weight excluding hydrogens is 403 g/mol. The summed E-state index contributed by atoms with van der Waals surface area (Å²) in [5.74, 6) is 0.119. The van der Waals surface area contributed by atoms with Crippen LogP contribution in [0.15, 0.2) is 59.5 Å². The first-order chi connectivity index (χ1) is 14.5. The number of halogens is 1. The van der Waals surface area contributed by atoms with Crippen molar-refractivity contribution in [3.8, 4) is 0 Å². The van der Waals surface area contributed by atoms with Crippen LogP contribution in [0.2, 0.25) is 0 Å². The Balaban J connectivity index is 1.30. The first kappa shape index (κ1) is 20.7. The summed E-state index contributed by atoms with van der Waals surface area (Å²) in [6, 6.07) is 16.0. The van der Waals surface area contributed by atoms with Gasteiger partial charge in [0.05, 0.1) is 11.8 Å². The summed E-state index contributed by atoms with van der Waals surface area (Å²) in [5.41, 5.74) is 1.01. The Labute approximate surface area is 180 Å². The fraction of sp³-hybridized carbons (Fsp3) is 0.391. The second-order valence-corrected chi connectivity index (χ2v) is 8.77. The van der Waals surface area contributed by atoms with Gasteiger partial charge in [0.1, 0.15) is 11.9 Å². The molecule has 0 aliphatic carbocycles. The van der Waals surface area contributed by atoms with Gasteiger partial charge in [-0.2, -0.15) is 0 Å². The zero-order chi connectivity index (χ0) is 21.1. The molecule has 2 heterocycles. The molecule has 0 bridgehead atoms. The minimum absolute atomic E-state index is 0.0406. The van der Waals surface area contributed by atoms with Crippen LogP contribution in [0.4, 0.5) is 9.18 Å².